The number of nitrogens with one attached hydrogen (secondary N) is 2. The van der Waals surface area contributed by atoms with Crippen LogP contribution in [0.15, 0.2) is 41.5 Å². The largest absolute Gasteiger partial charge is 0.496 e. The van der Waals surface area contributed by atoms with Gasteiger partial charge in [0.15, 0.2) is 5.96 Å². The maximum absolute atomic E-state index is 11.5. The predicted octanol–water partition coefficient (Wildman–Crippen LogP) is 2.01. The number of aliphatic imine (C=N–C) groups is 1. The van der Waals surface area contributed by atoms with Crippen LogP contribution in [0.4, 0.5) is 5.82 Å². The minimum Gasteiger partial charge on any atom is -0.496 e. The molecular weight excluding hydrogens is 404 g/mol. The van der Waals surface area contributed by atoms with Crippen molar-refractivity contribution in [1.29, 1.82) is 0 Å². The fraction of sp³-hybridized carbons (Fsp3) is 0.458. The lowest BCUT2D eigenvalue weighted by Gasteiger charge is -2.32. The highest BCUT2D eigenvalue weighted by Crippen LogP contribution is 2.24. The zero-order valence-electron chi connectivity index (χ0n) is 19.2. The van der Waals surface area contributed by atoms with Crippen molar-refractivity contribution in [3.8, 4) is 5.75 Å². The number of guanidine groups is 1. The minimum absolute atomic E-state index is 0.0356. The van der Waals surface area contributed by atoms with Crippen LogP contribution in [-0.4, -0.2) is 50.6 Å². The number of amides is 1. The van der Waals surface area contributed by atoms with Crippen LogP contribution in [0.5, 0.6) is 5.75 Å². The van der Waals surface area contributed by atoms with E-state index < -0.39 is 0 Å². The Kier molecular flexibility index (Phi) is 8.30. The number of anilines is 1. The van der Waals surface area contributed by atoms with Gasteiger partial charge in [-0.25, -0.2) is 4.98 Å². The van der Waals surface area contributed by atoms with Crippen LogP contribution in [0.2, 0.25) is 0 Å². The lowest BCUT2D eigenvalue weighted by atomic mass is 9.96. The summed E-state index contributed by atoms with van der Waals surface area (Å²) in [5.74, 6) is 2.35. The molecule has 1 aromatic heterocycles. The SMILES string of the molecule is CN=C(NCCc1cc(C)ccc1OC)NCc1cccnc1N1CCC(C(N)=O)CC1. The van der Waals surface area contributed by atoms with Gasteiger partial charge in [0.05, 0.1) is 7.11 Å². The summed E-state index contributed by atoms with van der Waals surface area (Å²) in [6, 6.07) is 10.2. The second-order valence-corrected chi connectivity index (χ2v) is 8.07. The molecule has 8 heteroatoms. The third kappa shape index (κ3) is 6.12. The Morgan fingerprint density at radius 3 is 2.72 bits per heavy atom. The van der Waals surface area contributed by atoms with Crippen molar-refractivity contribution in [2.45, 2.75) is 32.7 Å². The molecule has 0 bridgehead atoms. The quantitative estimate of drug-likeness (QED) is 0.430. The Hall–Kier alpha value is -3.29. The van der Waals surface area contributed by atoms with Gasteiger partial charge in [-0.3, -0.25) is 9.79 Å². The molecule has 1 amide bonds. The van der Waals surface area contributed by atoms with Gasteiger partial charge in [-0.05, 0) is 43.9 Å². The van der Waals surface area contributed by atoms with E-state index in [0.29, 0.717) is 6.54 Å². The van der Waals surface area contributed by atoms with Gasteiger partial charge < -0.3 is 26.0 Å². The van der Waals surface area contributed by atoms with Gasteiger partial charge in [0.1, 0.15) is 11.6 Å². The molecule has 1 aliphatic heterocycles. The lowest BCUT2D eigenvalue weighted by Crippen LogP contribution is -2.40. The summed E-state index contributed by atoms with van der Waals surface area (Å²) in [5.41, 5.74) is 8.94. The molecular formula is C24H34N6O2. The molecule has 1 saturated heterocycles. The molecule has 1 aromatic carbocycles. The van der Waals surface area contributed by atoms with Gasteiger partial charge in [0.2, 0.25) is 5.91 Å². The smallest absolute Gasteiger partial charge is 0.220 e. The molecule has 4 N–H and O–H groups in total. The molecule has 1 aliphatic rings. The average molecular weight is 439 g/mol. The van der Waals surface area contributed by atoms with E-state index in [4.69, 9.17) is 10.5 Å². The standard InChI is InChI=1S/C24H34N6O2/c1-17-6-7-21(32-3)19(15-17)8-12-28-24(26-2)29-16-20-5-4-11-27-23(20)30-13-9-18(10-14-30)22(25)31/h4-7,11,15,18H,8-10,12-14,16H2,1-3H3,(H2,25,31)(H2,26,28,29). The van der Waals surface area contributed by atoms with E-state index in [1.807, 2.05) is 12.1 Å². The van der Waals surface area contributed by atoms with E-state index in [1.54, 1.807) is 20.4 Å². The molecule has 0 unspecified atom stereocenters. The Bertz CT molecular complexity index is 938. The number of nitrogens with zero attached hydrogens (tertiary/aromatic N) is 3. The summed E-state index contributed by atoms with van der Waals surface area (Å²) >= 11 is 0. The first kappa shape index (κ1) is 23.4. The Balaban J connectivity index is 1.54. The number of hydrogen-bond acceptors (Lipinski definition) is 5. The zero-order valence-corrected chi connectivity index (χ0v) is 19.2. The number of methoxy groups -OCH3 is 1. The summed E-state index contributed by atoms with van der Waals surface area (Å²) in [6.07, 6.45) is 4.18. The first-order valence-electron chi connectivity index (χ1n) is 11.1. The highest BCUT2D eigenvalue weighted by Gasteiger charge is 2.24. The van der Waals surface area contributed by atoms with Crippen molar-refractivity contribution >= 4 is 17.7 Å². The second kappa shape index (κ2) is 11.4. The van der Waals surface area contributed by atoms with Crippen LogP contribution < -0.4 is 26.0 Å². The molecule has 0 spiro atoms. The fourth-order valence-electron chi connectivity index (χ4n) is 4.05. The minimum atomic E-state index is -0.203. The van der Waals surface area contributed by atoms with Crippen molar-refractivity contribution < 1.29 is 9.53 Å². The van der Waals surface area contributed by atoms with Crippen LogP contribution in [0, 0.1) is 12.8 Å². The number of piperidine rings is 1. The highest BCUT2D eigenvalue weighted by molar-refractivity contribution is 5.80. The van der Waals surface area contributed by atoms with Gasteiger partial charge in [0.25, 0.3) is 0 Å². The predicted molar refractivity (Wildman–Crippen MR) is 128 cm³/mol. The molecule has 32 heavy (non-hydrogen) atoms. The lowest BCUT2D eigenvalue weighted by molar-refractivity contribution is -0.122. The molecule has 0 saturated carbocycles. The average Bonchev–Trinajstić information content (AvgIpc) is 2.81. The molecule has 2 aromatic rings. The molecule has 0 atom stereocenters. The van der Waals surface area contributed by atoms with Crippen LogP contribution in [0.3, 0.4) is 0 Å². The Labute approximate surface area is 190 Å². The van der Waals surface area contributed by atoms with E-state index in [-0.39, 0.29) is 11.8 Å². The van der Waals surface area contributed by atoms with Crippen LogP contribution >= 0.6 is 0 Å². The molecule has 2 heterocycles. The molecule has 3 rings (SSSR count). The van der Waals surface area contributed by atoms with Crippen molar-refractivity contribution in [3.63, 3.8) is 0 Å². The fourth-order valence-corrected chi connectivity index (χ4v) is 4.05. The van der Waals surface area contributed by atoms with E-state index in [1.165, 1.54) is 11.1 Å². The number of carbonyl (C=O) groups excluding carboxylic acids is 1. The summed E-state index contributed by atoms with van der Waals surface area (Å²) in [4.78, 5) is 22.6. The monoisotopic (exact) mass is 438 g/mol. The topological polar surface area (TPSA) is 105 Å². The molecule has 172 valence electrons. The summed E-state index contributed by atoms with van der Waals surface area (Å²) in [5, 5.41) is 6.76. The zero-order chi connectivity index (χ0) is 22.9. The normalized spacial score (nSPS) is 14.8. The number of aryl methyl sites for hydroxylation is 1. The second-order valence-electron chi connectivity index (χ2n) is 8.07. The number of ether oxygens (including phenoxy) is 1. The van der Waals surface area contributed by atoms with Crippen molar-refractivity contribution in [2.24, 2.45) is 16.6 Å². The summed E-state index contributed by atoms with van der Waals surface area (Å²) in [6.45, 7) is 4.98. The molecule has 1 fully saturated rings. The number of benzene rings is 1. The van der Waals surface area contributed by atoms with Gasteiger partial charge >= 0.3 is 0 Å². The number of aromatic nitrogens is 1. The number of pyridine rings is 1. The first-order chi connectivity index (χ1) is 15.5. The Morgan fingerprint density at radius 1 is 1.25 bits per heavy atom. The summed E-state index contributed by atoms with van der Waals surface area (Å²) < 4.78 is 5.47. The van der Waals surface area contributed by atoms with E-state index in [0.717, 1.165) is 62.0 Å². The van der Waals surface area contributed by atoms with E-state index in [2.05, 4.69) is 50.6 Å². The van der Waals surface area contributed by atoms with Crippen LogP contribution in [-0.2, 0) is 17.8 Å². The highest BCUT2D eigenvalue weighted by atomic mass is 16.5. The molecule has 0 radical (unpaired) electrons. The maximum atomic E-state index is 11.5. The van der Waals surface area contributed by atoms with Gasteiger partial charge in [-0.1, -0.05) is 23.8 Å². The van der Waals surface area contributed by atoms with Crippen LogP contribution in [0.1, 0.15) is 29.5 Å². The molecule has 0 aliphatic carbocycles. The third-order valence-corrected chi connectivity index (χ3v) is 5.86. The number of carbonyl (C=O) groups is 1. The number of nitrogens with two attached hydrogens (primary N) is 1. The first-order valence-corrected chi connectivity index (χ1v) is 11.1. The molecule has 8 nitrogen and oxygen atoms in total. The van der Waals surface area contributed by atoms with E-state index >= 15 is 0 Å². The number of hydrogen-bond donors (Lipinski definition) is 3. The Morgan fingerprint density at radius 2 is 2.03 bits per heavy atom. The number of primary amides is 1. The van der Waals surface area contributed by atoms with Crippen molar-refractivity contribution in [1.82, 2.24) is 15.6 Å². The maximum Gasteiger partial charge on any atom is 0.220 e. The van der Waals surface area contributed by atoms with Gasteiger partial charge in [-0.2, -0.15) is 0 Å². The third-order valence-electron chi connectivity index (χ3n) is 5.86. The van der Waals surface area contributed by atoms with Gasteiger partial charge in [-0.15, -0.1) is 0 Å². The van der Waals surface area contributed by atoms with Crippen molar-refractivity contribution in [3.05, 3.63) is 53.2 Å². The van der Waals surface area contributed by atoms with E-state index in [9.17, 15) is 4.79 Å². The van der Waals surface area contributed by atoms with Gasteiger partial charge in [0, 0.05) is 50.9 Å². The summed E-state index contributed by atoms with van der Waals surface area (Å²) in [7, 11) is 3.46. The number of rotatable bonds is 8. The van der Waals surface area contributed by atoms with Crippen LogP contribution in [0.25, 0.3) is 0 Å². The van der Waals surface area contributed by atoms with Crippen molar-refractivity contribution in [2.75, 3.05) is 38.7 Å².